The van der Waals surface area contributed by atoms with Gasteiger partial charge in [-0.3, -0.25) is 9.69 Å². The molecule has 1 aliphatic heterocycles. The summed E-state index contributed by atoms with van der Waals surface area (Å²) >= 11 is 0. The largest absolute Gasteiger partial charge is 0.492 e. The van der Waals surface area contributed by atoms with E-state index in [1.807, 2.05) is 60.5 Å². The Morgan fingerprint density at radius 3 is 2.41 bits per heavy atom. The van der Waals surface area contributed by atoms with Gasteiger partial charge in [0.25, 0.3) is 0 Å². The Labute approximate surface area is 160 Å². The smallest absolute Gasteiger partial charge is 0.219 e. The Balaban J connectivity index is 1.47. The average Bonchev–Trinajstić information content (AvgIpc) is 3.17. The van der Waals surface area contributed by atoms with Crippen molar-refractivity contribution in [3.8, 4) is 22.9 Å². The maximum Gasteiger partial charge on any atom is 0.219 e. The van der Waals surface area contributed by atoms with E-state index in [-0.39, 0.29) is 5.91 Å². The van der Waals surface area contributed by atoms with E-state index in [4.69, 9.17) is 10.00 Å². The monoisotopic (exact) mass is 363 g/mol. The summed E-state index contributed by atoms with van der Waals surface area (Å²) in [6.07, 6.45) is 1.02. The van der Waals surface area contributed by atoms with E-state index in [2.05, 4.69) is 11.0 Å². The fraction of sp³-hybridized carbons (Fsp3) is 0.364. The van der Waals surface area contributed by atoms with Crippen molar-refractivity contribution in [3.05, 3.63) is 54.1 Å². The zero-order valence-corrected chi connectivity index (χ0v) is 15.9. The van der Waals surface area contributed by atoms with Gasteiger partial charge in [0, 0.05) is 39.6 Å². The molecular formula is C22H25N3O2. The van der Waals surface area contributed by atoms with Crippen LogP contribution in [0.4, 0.5) is 0 Å². The van der Waals surface area contributed by atoms with Crippen LogP contribution in [0.5, 0.6) is 5.75 Å². The summed E-state index contributed by atoms with van der Waals surface area (Å²) in [7, 11) is 1.88. The molecule has 1 unspecified atom stereocenters. The number of likely N-dealkylation sites (N-methyl/N-ethyl adjacent to an activating group) is 1. The van der Waals surface area contributed by atoms with Crippen LogP contribution in [0.25, 0.3) is 11.1 Å². The first-order valence-electron chi connectivity index (χ1n) is 9.26. The number of nitrogens with zero attached hydrogens (tertiary/aromatic N) is 3. The van der Waals surface area contributed by atoms with Crippen LogP contribution in [0.3, 0.4) is 0 Å². The van der Waals surface area contributed by atoms with Gasteiger partial charge in [0.05, 0.1) is 11.6 Å². The molecule has 0 saturated carbocycles. The first-order valence-corrected chi connectivity index (χ1v) is 9.26. The molecule has 0 N–H and O–H groups in total. The number of amides is 1. The highest BCUT2D eigenvalue weighted by Crippen LogP contribution is 2.23. The summed E-state index contributed by atoms with van der Waals surface area (Å²) in [4.78, 5) is 15.6. The number of carbonyl (C=O) groups is 1. The summed E-state index contributed by atoms with van der Waals surface area (Å²) in [5.74, 6) is 0.976. The van der Waals surface area contributed by atoms with Crippen LogP contribution in [0.1, 0.15) is 18.9 Å². The van der Waals surface area contributed by atoms with Gasteiger partial charge in [-0.2, -0.15) is 5.26 Å². The van der Waals surface area contributed by atoms with Gasteiger partial charge < -0.3 is 9.64 Å². The second-order valence-corrected chi connectivity index (χ2v) is 6.94. The lowest BCUT2D eigenvalue weighted by Crippen LogP contribution is -2.38. The molecule has 0 bridgehead atoms. The van der Waals surface area contributed by atoms with Gasteiger partial charge in [0.2, 0.25) is 5.91 Å². The fourth-order valence-electron chi connectivity index (χ4n) is 3.36. The molecule has 5 nitrogen and oxygen atoms in total. The molecule has 3 rings (SSSR count). The van der Waals surface area contributed by atoms with Gasteiger partial charge in [-0.15, -0.1) is 0 Å². The Kier molecular flexibility index (Phi) is 6.10. The topological polar surface area (TPSA) is 56.6 Å². The number of ether oxygens (including phenoxy) is 1. The van der Waals surface area contributed by atoms with Crippen LogP contribution in [0, 0.1) is 11.3 Å². The van der Waals surface area contributed by atoms with E-state index in [0.717, 1.165) is 42.9 Å². The van der Waals surface area contributed by atoms with Crippen molar-refractivity contribution in [2.24, 2.45) is 0 Å². The van der Waals surface area contributed by atoms with Crippen LogP contribution in [-0.4, -0.2) is 55.0 Å². The third-order valence-electron chi connectivity index (χ3n) is 5.17. The van der Waals surface area contributed by atoms with Gasteiger partial charge >= 0.3 is 0 Å². The van der Waals surface area contributed by atoms with Gasteiger partial charge in [-0.25, -0.2) is 0 Å². The summed E-state index contributed by atoms with van der Waals surface area (Å²) < 4.78 is 5.87. The Morgan fingerprint density at radius 1 is 1.19 bits per heavy atom. The van der Waals surface area contributed by atoms with Crippen molar-refractivity contribution >= 4 is 5.91 Å². The number of carbonyl (C=O) groups excluding carboxylic acids is 1. The van der Waals surface area contributed by atoms with E-state index in [9.17, 15) is 4.79 Å². The van der Waals surface area contributed by atoms with Crippen LogP contribution in [0.2, 0.25) is 0 Å². The summed E-state index contributed by atoms with van der Waals surface area (Å²) in [6, 6.07) is 18.0. The molecule has 1 aliphatic rings. The first-order chi connectivity index (χ1) is 13.1. The van der Waals surface area contributed by atoms with Crippen molar-refractivity contribution in [2.75, 3.05) is 33.3 Å². The maximum atomic E-state index is 11.5. The van der Waals surface area contributed by atoms with E-state index >= 15 is 0 Å². The van der Waals surface area contributed by atoms with E-state index < -0.39 is 0 Å². The molecule has 0 spiro atoms. The second kappa shape index (κ2) is 8.70. The van der Waals surface area contributed by atoms with Crippen molar-refractivity contribution in [1.82, 2.24) is 9.80 Å². The summed E-state index contributed by atoms with van der Waals surface area (Å²) in [6.45, 7) is 5.03. The SMILES string of the molecule is CC(=O)N(C)C1CCN(CCOc2ccc(-c3ccc(C#N)cc3)cc2)C1. The predicted octanol–water partition coefficient (Wildman–Crippen LogP) is 3.16. The van der Waals surface area contributed by atoms with Crippen LogP contribution in [-0.2, 0) is 4.79 Å². The Morgan fingerprint density at radius 2 is 1.81 bits per heavy atom. The minimum absolute atomic E-state index is 0.125. The number of likely N-dealkylation sites (tertiary alicyclic amines) is 1. The molecule has 1 atom stereocenters. The zero-order chi connectivity index (χ0) is 19.2. The number of hydrogen-bond acceptors (Lipinski definition) is 4. The number of nitriles is 1. The second-order valence-electron chi connectivity index (χ2n) is 6.94. The number of benzene rings is 2. The van der Waals surface area contributed by atoms with Crippen molar-refractivity contribution < 1.29 is 9.53 Å². The highest BCUT2D eigenvalue weighted by molar-refractivity contribution is 5.73. The summed E-state index contributed by atoms with van der Waals surface area (Å²) in [5.41, 5.74) is 2.84. The molecular weight excluding hydrogens is 338 g/mol. The van der Waals surface area contributed by atoms with Gasteiger partial charge in [0.15, 0.2) is 0 Å². The molecule has 1 amide bonds. The lowest BCUT2D eigenvalue weighted by Gasteiger charge is -2.23. The minimum Gasteiger partial charge on any atom is -0.492 e. The predicted molar refractivity (Wildman–Crippen MR) is 105 cm³/mol. The molecule has 1 heterocycles. The van der Waals surface area contributed by atoms with Crippen LogP contribution in [0.15, 0.2) is 48.5 Å². The van der Waals surface area contributed by atoms with Crippen molar-refractivity contribution in [3.63, 3.8) is 0 Å². The quantitative estimate of drug-likeness (QED) is 0.791. The molecule has 2 aromatic carbocycles. The van der Waals surface area contributed by atoms with Crippen LogP contribution < -0.4 is 4.74 Å². The Bertz CT molecular complexity index is 809. The highest BCUT2D eigenvalue weighted by Gasteiger charge is 2.26. The molecule has 0 radical (unpaired) electrons. The molecule has 5 heteroatoms. The Hall–Kier alpha value is -2.84. The van der Waals surface area contributed by atoms with E-state index in [0.29, 0.717) is 18.2 Å². The average molecular weight is 363 g/mol. The molecule has 27 heavy (non-hydrogen) atoms. The molecule has 0 aliphatic carbocycles. The van der Waals surface area contributed by atoms with Gasteiger partial charge in [0.1, 0.15) is 12.4 Å². The molecule has 1 saturated heterocycles. The fourth-order valence-corrected chi connectivity index (χ4v) is 3.36. The molecule has 2 aromatic rings. The third-order valence-corrected chi connectivity index (χ3v) is 5.17. The third kappa shape index (κ3) is 4.87. The standard InChI is InChI=1S/C22H25N3O2/c1-17(26)24(2)21-11-12-25(16-21)13-14-27-22-9-7-20(8-10-22)19-5-3-18(15-23)4-6-19/h3-10,21H,11-14,16H2,1-2H3. The normalized spacial score (nSPS) is 16.7. The van der Waals surface area contributed by atoms with E-state index in [1.165, 1.54) is 0 Å². The lowest BCUT2D eigenvalue weighted by atomic mass is 10.0. The van der Waals surface area contributed by atoms with Crippen molar-refractivity contribution in [1.29, 1.82) is 5.26 Å². The molecule has 140 valence electrons. The van der Waals surface area contributed by atoms with Gasteiger partial charge in [-0.1, -0.05) is 24.3 Å². The summed E-state index contributed by atoms with van der Waals surface area (Å²) in [5, 5.41) is 8.88. The zero-order valence-electron chi connectivity index (χ0n) is 15.9. The molecule has 0 aromatic heterocycles. The maximum absolute atomic E-state index is 11.5. The van der Waals surface area contributed by atoms with Gasteiger partial charge in [-0.05, 0) is 41.8 Å². The first kappa shape index (κ1) is 18.9. The number of hydrogen-bond donors (Lipinski definition) is 0. The van der Waals surface area contributed by atoms with E-state index in [1.54, 1.807) is 6.92 Å². The lowest BCUT2D eigenvalue weighted by molar-refractivity contribution is -0.129. The van der Waals surface area contributed by atoms with Crippen LogP contribution >= 0.6 is 0 Å². The number of rotatable bonds is 6. The van der Waals surface area contributed by atoms with Crippen molar-refractivity contribution in [2.45, 2.75) is 19.4 Å². The molecule has 1 fully saturated rings. The highest BCUT2D eigenvalue weighted by atomic mass is 16.5. The minimum atomic E-state index is 0.125.